The molecule has 4 nitrogen and oxygen atoms in total. The van der Waals surface area contributed by atoms with E-state index in [2.05, 4.69) is 24.2 Å². The number of carbonyl (C=O) groups is 1. The van der Waals surface area contributed by atoms with Crippen molar-refractivity contribution in [3.63, 3.8) is 0 Å². The minimum atomic E-state index is 0.00240. The van der Waals surface area contributed by atoms with Gasteiger partial charge in [-0.3, -0.25) is 4.79 Å². The number of amides is 1. The molecule has 1 rings (SSSR count). The SMILES string of the molecule is CCCCN(C)CCCC(=O)Nc1ccccc1C(N)=S. The molecule has 5 heteroatoms. The summed E-state index contributed by atoms with van der Waals surface area (Å²) in [7, 11) is 2.09. The Morgan fingerprint density at radius 3 is 2.62 bits per heavy atom. The van der Waals surface area contributed by atoms with Crippen LogP contribution < -0.4 is 11.1 Å². The fourth-order valence-electron chi connectivity index (χ4n) is 2.07. The Bertz CT molecular complexity index is 476. The van der Waals surface area contributed by atoms with Gasteiger partial charge in [0.05, 0.1) is 5.69 Å². The molecule has 1 aromatic carbocycles. The fraction of sp³-hybridized carbons (Fsp3) is 0.500. The van der Waals surface area contributed by atoms with Gasteiger partial charge in [0, 0.05) is 12.0 Å². The van der Waals surface area contributed by atoms with Crippen LogP contribution in [0.1, 0.15) is 38.2 Å². The van der Waals surface area contributed by atoms with Gasteiger partial charge < -0.3 is 16.0 Å². The quantitative estimate of drug-likeness (QED) is 0.689. The lowest BCUT2D eigenvalue weighted by Gasteiger charge is -2.16. The highest BCUT2D eigenvalue weighted by molar-refractivity contribution is 7.80. The van der Waals surface area contributed by atoms with Crippen LogP contribution in [-0.4, -0.2) is 35.9 Å². The summed E-state index contributed by atoms with van der Waals surface area (Å²) in [4.78, 5) is 14.5. The third-order valence-electron chi connectivity index (χ3n) is 3.30. The van der Waals surface area contributed by atoms with Crippen molar-refractivity contribution in [3.05, 3.63) is 29.8 Å². The molecule has 0 saturated heterocycles. The van der Waals surface area contributed by atoms with E-state index in [-0.39, 0.29) is 5.91 Å². The average molecular weight is 307 g/mol. The Labute approximate surface area is 132 Å². The van der Waals surface area contributed by atoms with E-state index < -0.39 is 0 Å². The van der Waals surface area contributed by atoms with Crippen molar-refractivity contribution in [2.24, 2.45) is 5.73 Å². The number of unbranched alkanes of at least 4 members (excludes halogenated alkanes) is 1. The Morgan fingerprint density at radius 1 is 1.29 bits per heavy atom. The number of benzene rings is 1. The molecule has 3 N–H and O–H groups in total. The average Bonchev–Trinajstić information content (AvgIpc) is 2.45. The molecule has 116 valence electrons. The van der Waals surface area contributed by atoms with E-state index in [9.17, 15) is 4.79 Å². The molecule has 0 aliphatic carbocycles. The van der Waals surface area contributed by atoms with Gasteiger partial charge in [0.2, 0.25) is 5.91 Å². The maximum absolute atomic E-state index is 12.0. The molecular formula is C16H25N3OS. The minimum Gasteiger partial charge on any atom is -0.389 e. The van der Waals surface area contributed by atoms with Crippen molar-refractivity contribution >= 4 is 28.8 Å². The second-order valence-corrected chi connectivity index (χ2v) is 5.66. The van der Waals surface area contributed by atoms with E-state index in [1.165, 1.54) is 12.8 Å². The van der Waals surface area contributed by atoms with Gasteiger partial charge in [-0.1, -0.05) is 37.7 Å². The maximum Gasteiger partial charge on any atom is 0.224 e. The van der Waals surface area contributed by atoms with Crippen LogP contribution in [-0.2, 0) is 4.79 Å². The van der Waals surface area contributed by atoms with Crippen LogP contribution in [0.2, 0.25) is 0 Å². The van der Waals surface area contributed by atoms with Gasteiger partial charge in [-0.05, 0) is 45.1 Å². The number of nitrogens with zero attached hydrogens (tertiary/aromatic N) is 1. The van der Waals surface area contributed by atoms with E-state index in [1.807, 2.05) is 24.3 Å². The number of anilines is 1. The number of hydrogen-bond donors (Lipinski definition) is 2. The van der Waals surface area contributed by atoms with Crippen LogP contribution in [0.25, 0.3) is 0 Å². The highest BCUT2D eigenvalue weighted by atomic mass is 32.1. The zero-order valence-electron chi connectivity index (χ0n) is 12.9. The van der Waals surface area contributed by atoms with Gasteiger partial charge in [-0.15, -0.1) is 0 Å². The molecule has 0 aliphatic rings. The van der Waals surface area contributed by atoms with Crippen LogP contribution in [0.3, 0.4) is 0 Å². The number of nitrogens with two attached hydrogens (primary N) is 1. The summed E-state index contributed by atoms with van der Waals surface area (Å²) in [5.41, 5.74) is 7.05. The van der Waals surface area contributed by atoms with Crippen molar-refractivity contribution in [3.8, 4) is 0 Å². The van der Waals surface area contributed by atoms with Crippen LogP contribution in [0.4, 0.5) is 5.69 Å². The molecule has 0 bridgehead atoms. The van der Waals surface area contributed by atoms with Crippen LogP contribution >= 0.6 is 12.2 Å². The van der Waals surface area contributed by atoms with Gasteiger partial charge in [0.25, 0.3) is 0 Å². The predicted molar refractivity (Wildman–Crippen MR) is 92.6 cm³/mol. The summed E-state index contributed by atoms with van der Waals surface area (Å²) in [6.07, 6.45) is 3.74. The first kappa shape index (κ1) is 17.6. The van der Waals surface area contributed by atoms with Crippen molar-refractivity contribution in [2.75, 3.05) is 25.5 Å². The zero-order valence-corrected chi connectivity index (χ0v) is 13.7. The molecule has 0 unspecified atom stereocenters. The fourth-order valence-corrected chi connectivity index (χ4v) is 2.25. The molecule has 1 amide bonds. The third-order valence-corrected chi connectivity index (χ3v) is 3.52. The lowest BCUT2D eigenvalue weighted by molar-refractivity contribution is -0.116. The van der Waals surface area contributed by atoms with Crippen molar-refractivity contribution < 1.29 is 4.79 Å². The number of carbonyl (C=O) groups excluding carboxylic acids is 1. The van der Waals surface area contributed by atoms with Crippen molar-refractivity contribution in [2.45, 2.75) is 32.6 Å². The topological polar surface area (TPSA) is 58.4 Å². The summed E-state index contributed by atoms with van der Waals surface area (Å²) in [5, 5.41) is 2.88. The Kier molecular flexibility index (Phi) is 7.93. The molecule has 0 radical (unpaired) electrons. The number of rotatable bonds is 9. The number of nitrogens with one attached hydrogen (secondary N) is 1. The molecule has 0 saturated carbocycles. The monoisotopic (exact) mass is 307 g/mol. The van der Waals surface area contributed by atoms with Crippen molar-refractivity contribution in [1.29, 1.82) is 0 Å². The minimum absolute atomic E-state index is 0.00240. The number of hydrogen-bond acceptors (Lipinski definition) is 3. The Balaban J connectivity index is 2.39. The molecule has 1 aromatic rings. The van der Waals surface area contributed by atoms with Crippen LogP contribution in [0, 0.1) is 0 Å². The summed E-state index contributed by atoms with van der Waals surface area (Å²) >= 11 is 4.98. The summed E-state index contributed by atoms with van der Waals surface area (Å²) in [6, 6.07) is 7.35. The van der Waals surface area contributed by atoms with E-state index >= 15 is 0 Å². The first-order chi connectivity index (χ1) is 10.0. The van der Waals surface area contributed by atoms with Gasteiger partial charge in [-0.2, -0.15) is 0 Å². The van der Waals surface area contributed by atoms with Gasteiger partial charge in [0.1, 0.15) is 4.99 Å². The van der Waals surface area contributed by atoms with Crippen LogP contribution in [0.15, 0.2) is 24.3 Å². The molecular weight excluding hydrogens is 282 g/mol. The standard InChI is InChI=1S/C16H25N3OS/c1-3-4-11-19(2)12-7-10-15(20)18-14-9-6-5-8-13(14)16(17)21/h5-6,8-9H,3-4,7,10-12H2,1-2H3,(H2,17,21)(H,18,20). The van der Waals surface area contributed by atoms with Gasteiger partial charge in [-0.25, -0.2) is 0 Å². The summed E-state index contributed by atoms with van der Waals surface area (Å²) < 4.78 is 0. The van der Waals surface area contributed by atoms with Crippen LogP contribution in [0.5, 0.6) is 0 Å². The highest BCUT2D eigenvalue weighted by Gasteiger charge is 2.08. The first-order valence-corrected chi connectivity index (χ1v) is 7.82. The summed E-state index contributed by atoms with van der Waals surface area (Å²) in [5.74, 6) is 0.00240. The predicted octanol–water partition coefficient (Wildman–Crippen LogP) is 2.77. The van der Waals surface area contributed by atoms with Gasteiger partial charge >= 0.3 is 0 Å². The maximum atomic E-state index is 12.0. The smallest absolute Gasteiger partial charge is 0.224 e. The number of para-hydroxylation sites is 1. The Morgan fingerprint density at radius 2 is 1.95 bits per heavy atom. The first-order valence-electron chi connectivity index (χ1n) is 7.41. The molecule has 0 spiro atoms. The van der Waals surface area contributed by atoms with E-state index in [1.54, 1.807) is 0 Å². The second kappa shape index (κ2) is 9.47. The van der Waals surface area contributed by atoms with E-state index in [0.29, 0.717) is 22.7 Å². The highest BCUT2D eigenvalue weighted by Crippen LogP contribution is 2.15. The van der Waals surface area contributed by atoms with E-state index in [0.717, 1.165) is 19.5 Å². The molecule has 0 atom stereocenters. The third kappa shape index (κ3) is 6.69. The molecule has 0 aliphatic heterocycles. The van der Waals surface area contributed by atoms with Crippen molar-refractivity contribution in [1.82, 2.24) is 4.90 Å². The molecule has 0 fully saturated rings. The normalized spacial score (nSPS) is 10.6. The second-order valence-electron chi connectivity index (χ2n) is 5.22. The lowest BCUT2D eigenvalue weighted by atomic mass is 10.1. The molecule has 0 heterocycles. The van der Waals surface area contributed by atoms with Gasteiger partial charge in [0.15, 0.2) is 0 Å². The largest absolute Gasteiger partial charge is 0.389 e. The number of thiocarbonyl (C=S) groups is 1. The lowest BCUT2D eigenvalue weighted by Crippen LogP contribution is -2.23. The van der Waals surface area contributed by atoms with E-state index in [4.69, 9.17) is 18.0 Å². The molecule has 21 heavy (non-hydrogen) atoms. The summed E-state index contributed by atoms with van der Waals surface area (Å²) in [6.45, 7) is 4.20. The Hall–Kier alpha value is -1.46. The zero-order chi connectivity index (χ0) is 15.7. The molecule has 0 aromatic heterocycles.